The molecule has 1 amide bonds. The fourth-order valence-corrected chi connectivity index (χ4v) is 2.28. The maximum atomic E-state index is 11.0. The van der Waals surface area contributed by atoms with Gasteiger partial charge in [0.25, 0.3) is 0 Å². The van der Waals surface area contributed by atoms with E-state index < -0.39 is 0 Å². The summed E-state index contributed by atoms with van der Waals surface area (Å²) in [7, 11) is 0. The van der Waals surface area contributed by atoms with Gasteiger partial charge in [0.15, 0.2) is 0 Å². The molecule has 0 unspecified atom stereocenters. The lowest BCUT2D eigenvalue weighted by Crippen LogP contribution is -2.08. The number of hydrogen-bond donors (Lipinski definition) is 1. The Labute approximate surface area is 115 Å². The number of carbonyl (C=O) groups excluding carboxylic acids is 1. The molecule has 0 bridgehead atoms. The molecule has 5 heteroatoms. The smallest absolute Gasteiger partial charge is 0.222 e. The monoisotopic (exact) mass is 390 g/mol. The Balaban J connectivity index is 2.59. The van der Waals surface area contributed by atoms with Crippen molar-refractivity contribution >= 4 is 61.1 Å². The van der Waals surface area contributed by atoms with Gasteiger partial charge in [-0.3, -0.25) is 4.79 Å². The highest BCUT2D eigenvalue weighted by Gasteiger charge is 2.06. The molecule has 0 atom stereocenters. The van der Waals surface area contributed by atoms with E-state index in [1.807, 2.05) is 24.3 Å². The Hall–Kier alpha value is -0.690. The molecule has 0 aliphatic rings. The number of halogens is 2. The highest BCUT2D eigenvalue weighted by atomic mass is 127. The molecule has 1 N–H and O–H groups in total. The Bertz CT molecular complexity index is 571. The molecular formula is C11H8BrIN2O. The zero-order chi connectivity index (χ0) is 11.7. The lowest BCUT2D eigenvalue weighted by atomic mass is 10.2. The minimum atomic E-state index is -0.127. The number of fused-ring (bicyclic) bond motifs is 1. The first-order valence-corrected chi connectivity index (χ1v) is 6.47. The second-order valence-electron chi connectivity index (χ2n) is 3.34. The van der Waals surface area contributed by atoms with Crippen LogP contribution in [0.4, 0.5) is 5.82 Å². The van der Waals surface area contributed by atoms with E-state index in [0.29, 0.717) is 5.82 Å². The van der Waals surface area contributed by atoms with Crippen LogP contribution in [0.1, 0.15) is 6.92 Å². The van der Waals surface area contributed by atoms with Crippen LogP contribution in [-0.2, 0) is 4.79 Å². The average Bonchev–Trinajstić information content (AvgIpc) is 2.19. The molecule has 2 aromatic rings. The number of anilines is 1. The SMILES string of the molecule is CC(=O)Nc1nc2cc(I)ccc2cc1Br. The van der Waals surface area contributed by atoms with Crippen LogP contribution >= 0.6 is 38.5 Å². The van der Waals surface area contributed by atoms with E-state index in [-0.39, 0.29) is 5.91 Å². The van der Waals surface area contributed by atoms with Crippen molar-refractivity contribution in [2.75, 3.05) is 5.32 Å². The first kappa shape index (κ1) is 11.8. The average molecular weight is 391 g/mol. The van der Waals surface area contributed by atoms with Crippen molar-refractivity contribution in [3.05, 3.63) is 32.3 Å². The minimum Gasteiger partial charge on any atom is -0.310 e. The molecule has 0 spiro atoms. The van der Waals surface area contributed by atoms with Crippen molar-refractivity contribution < 1.29 is 4.79 Å². The summed E-state index contributed by atoms with van der Waals surface area (Å²) in [6, 6.07) is 7.96. The fraction of sp³-hybridized carbons (Fsp3) is 0.0909. The number of carbonyl (C=O) groups is 1. The van der Waals surface area contributed by atoms with Crippen LogP contribution in [0.2, 0.25) is 0 Å². The first-order valence-electron chi connectivity index (χ1n) is 4.59. The molecule has 0 aliphatic heterocycles. The normalized spacial score (nSPS) is 10.4. The van der Waals surface area contributed by atoms with Gasteiger partial charge in [-0.05, 0) is 56.7 Å². The Morgan fingerprint density at radius 3 is 2.88 bits per heavy atom. The zero-order valence-corrected chi connectivity index (χ0v) is 12.2. The topological polar surface area (TPSA) is 42.0 Å². The Kier molecular flexibility index (Phi) is 3.44. The minimum absolute atomic E-state index is 0.127. The molecule has 0 aliphatic carbocycles. The Morgan fingerprint density at radius 1 is 1.44 bits per heavy atom. The van der Waals surface area contributed by atoms with Crippen molar-refractivity contribution in [1.82, 2.24) is 4.98 Å². The van der Waals surface area contributed by atoms with Crippen molar-refractivity contribution in [2.24, 2.45) is 0 Å². The van der Waals surface area contributed by atoms with E-state index in [2.05, 4.69) is 48.8 Å². The number of benzene rings is 1. The quantitative estimate of drug-likeness (QED) is 0.756. The summed E-state index contributed by atoms with van der Waals surface area (Å²) in [5.41, 5.74) is 0.874. The number of aromatic nitrogens is 1. The summed E-state index contributed by atoms with van der Waals surface area (Å²) in [6.07, 6.45) is 0. The lowest BCUT2D eigenvalue weighted by Gasteiger charge is -2.06. The van der Waals surface area contributed by atoms with Crippen LogP contribution in [-0.4, -0.2) is 10.9 Å². The van der Waals surface area contributed by atoms with Crippen molar-refractivity contribution in [2.45, 2.75) is 6.92 Å². The van der Waals surface area contributed by atoms with Gasteiger partial charge in [-0.1, -0.05) is 6.07 Å². The van der Waals surface area contributed by atoms with Gasteiger partial charge in [-0.15, -0.1) is 0 Å². The van der Waals surface area contributed by atoms with Gasteiger partial charge in [0, 0.05) is 15.9 Å². The summed E-state index contributed by atoms with van der Waals surface area (Å²) >= 11 is 5.62. The van der Waals surface area contributed by atoms with Gasteiger partial charge >= 0.3 is 0 Å². The Morgan fingerprint density at radius 2 is 2.19 bits per heavy atom. The van der Waals surface area contributed by atoms with Gasteiger partial charge in [0.1, 0.15) is 5.82 Å². The largest absolute Gasteiger partial charge is 0.310 e. The third-order valence-electron chi connectivity index (χ3n) is 2.03. The number of amides is 1. The number of nitrogens with one attached hydrogen (secondary N) is 1. The van der Waals surface area contributed by atoms with E-state index in [0.717, 1.165) is 18.9 Å². The summed E-state index contributed by atoms with van der Waals surface area (Å²) in [4.78, 5) is 15.4. The van der Waals surface area contributed by atoms with Crippen LogP contribution in [0.3, 0.4) is 0 Å². The van der Waals surface area contributed by atoms with Gasteiger partial charge in [-0.25, -0.2) is 4.98 Å². The maximum Gasteiger partial charge on any atom is 0.222 e. The number of nitrogens with zero attached hydrogens (tertiary/aromatic N) is 1. The molecule has 0 saturated heterocycles. The third-order valence-corrected chi connectivity index (χ3v) is 3.30. The molecule has 1 heterocycles. The number of pyridine rings is 1. The van der Waals surface area contributed by atoms with E-state index in [1.54, 1.807) is 0 Å². The summed E-state index contributed by atoms with van der Waals surface area (Å²) in [6.45, 7) is 1.47. The summed E-state index contributed by atoms with van der Waals surface area (Å²) in [5.74, 6) is 0.431. The van der Waals surface area contributed by atoms with E-state index >= 15 is 0 Å². The molecule has 3 nitrogen and oxygen atoms in total. The van der Waals surface area contributed by atoms with E-state index in [1.165, 1.54) is 6.92 Å². The predicted octanol–water partition coefficient (Wildman–Crippen LogP) is 3.56. The second kappa shape index (κ2) is 4.67. The second-order valence-corrected chi connectivity index (χ2v) is 5.44. The molecule has 0 radical (unpaired) electrons. The molecule has 0 fully saturated rings. The third kappa shape index (κ3) is 2.52. The summed E-state index contributed by atoms with van der Waals surface area (Å²) in [5, 5.41) is 3.73. The van der Waals surface area contributed by atoms with Gasteiger partial charge < -0.3 is 5.32 Å². The van der Waals surface area contributed by atoms with Gasteiger partial charge in [0.05, 0.1) is 9.99 Å². The maximum absolute atomic E-state index is 11.0. The van der Waals surface area contributed by atoms with Crippen LogP contribution in [0.25, 0.3) is 10.9 Å². The predicted molar refractivity (Wildman–Crippen MR) is 76.5 cm³/mol. The molecule has 16 heavy (non-hydrogen) atoms. The highest BCUT2D eigenvalue weighted by molar-refractivity contribution is 14.1. The fourth-order valence-electron chi connectivity index (χ4n) is 1.37. The number of hydrogen-bond acceptors (Lipinski definition) is 2. The van der Waals surface area contributed by atoms with Crippen LogP contribution in [0.15, 0.2) is 28.7 Å². The van der Waals surface area contributed by atoms with Crippen LogP contribution < -0.4 is 5.32 Å². The molecule has 2 rings (SSSR count). The van der Waals surface area contributed by atoms with Crippen molar-refractivity contribution in [1.29, 1.82) is 0 Å². The van der Waals surface area contributed by atoms with E-state index in [4.69, 9.17) is 0 Å². The molecule has 82 valence electrons. The van der Waals surface area contributed by atoms with Gasteiger partial charge in [-0.2, -0.15) is 0 Å². The zero-order valence-electron chi connectivity index (χ0n) is 8.42. The summed E-state index contributed by atoms with van der Waals surface area (Å²) < 4.78 is 1.91. The molecular weight excluding hydrogens is 383 g/mol. The first-order chi connectivity index (χ1) is 7.56. The van der Waals surface area contributed by atoms with Crippen LogP contribution in [0, 0.1) is 3.57 Å². The molecule has 0 saturated carbocycles. The van der Waals surface area contributed by atoms with Crippen molar-refractivity contribution in [3.8, 4) is 0 Å². The van der Waals surface area contributed by atoms with E-state index in [9.17, 15) is 4.79 Å². The van der Waals surface area contributed by atoms with Crippen molar-refractivity contribution in [3.63, 3.8) is 0 Å². The number of rotatable bonds is 1. The van der Waals surface area contributed by atoms with Gasteiger partial charge in [0.2, 0.25) is 5.91 Å². The molecule has 1 aromatic carbocycles. The highest BCUT2D eigenvalue weighted by Crippen LogP contribution is 2.26. The molecule has 1 aromatic heterocycles. The standard InChI is InChI=1S/C11H8BrIN2O/c1-6(16)14-11-9(12)4-7-2-3-8(13)5-10(7)15-11/h2-5H,1H3,(H,14,15,16). The van der Waals surface area contributed by atoms with Crippen LogP contribution in [0.5, 0.6) is 0 Å². The lowest BCUT2D eigenvalue weighted by molar-refractivity contribution is -0.114.